The molecular weight excluding hydrogens is 423 g/mol. The molecule has 1 atom stereocenters. The van der Waals surface area contributed by atoms with Gasteiger partial charge in [0.15, 0.2) is 11.5 Å². The molecule has 5 nitrogen and oxygen atoms in total. The van der Waals surface area contributed by atoms with Crippen molar-refractivity contribution in [3.63, 3.8) is 0 Å². The minimum Gasteiger partial charge on any atom is -0.493 e. The van der Waals surface area contributed by atoms with Crippen LogP contribution in [0, 0.1) is 19.7 Å². The molecule has 0 aliphatic heterocycles. The summed E-state index contributed by atoms with van der Waals surface area (Å²) < 4.78 is 31.1. The monoisotopic (exact) mass is 452 g/mol. The number of aryl methyl sites for hydroxylation is 3. The normalized spacial score (nSPS) is 11.6. The van der Waals surface area contributed by atoms with Gasteiger partial charge in [-0.1, -0.05) is 12.1 Å². The second-order valence-corrected chi connectivity index (χ2v) is 8.05. The van der Waals surface area contributed by atoms with Gasteiger partial charge in [0.25, 0.3) is 0 Å². The maximum Gasteiger partial charge on any atom is 0.303 e. The maximum atomic E-state index is 13.2. The van der Waals surface area contributed by atoms with Crippen molar-refractivity contribution in [2.45, 2.75) is 46.1 Å². The van der Waals surface area contributed by atoms with E-state index < -0.39 is 5.97 Å². The zero-order valence-electron chi connectivity index (χ0n) is 19.1. The standard InChI is InChI=1S/C27H29FO5/c1-18-4-12-25(26(16-18)33-23-10-7-22(28)8-11-23)32-20(3)14-15-31-24-9-5-21(19(2)17-24)6-13-27(29)30/h4-5,7-12,16-17,20H,6,13-15H2,1-3H3,(H,29,30)/t20-/m1/s1. The van der Waals surface area contributed by atoms with Gasteiger partial charge in [-0.25, -0.2) is 4.39 Å². The van der Waals surface area contributed by atoms with Gasteiger partial charge >= 0.3 is 5.97 Å². The Bertz CT molecular complexity index is 1080. The van der Waals surface area contributed by atoms with Crippen LogP contribution in [0.1, 0.15) is 36.5 Å². The number of benzene rings is 3. The number of carbonyl (C=O) groups is 1. The number of ether oxygens (including phenoxy) is 3. The number of hydrogen-bond donors (Lipinski definition) is 1. The number of aliphatic carboxylic acids is 1. The fraction of sp³-hybridized carbons (Fsp3) is 0.296. The van der Waals surface area contributed by atoms with Gasteiger partial charge in [-0.2, -0.15) is 0 Å². The lowest BCUT2D eigenvalue weighted by atomic mass is 10.0. The van der Waals surface area contributed by atoms with Crippen LogP contribution in [-0.2, 0) is 11.2 Å². The highest BCUT2D eigenvalue weighted by Gasteiger charge is 2.12. The highest BCUT2D eigenvalue weighted by atomic mass is 19.1. The lowest BCUT2D eigenvalue weighted by Crippen LogP contribution is -2.16. The number of carboxylic acids is 1. The van der Waals surface area contributed by atoms with E-state index in [-0.39, 0.29) is 18.3 Å². The van der Waals surface area contributed by atoms with Gasteiger partial charge in [-0.15, -0.1) is 0 Å². The van der Waals surface area contributed by atoms with Crippen molar-refractivity contribution in [2.24, 2.45) is 0 Å². The van der Waals surface area contributed by atoms with Crippen molar-refractivity contribution < 1.29 is 28.5 Å². The first kappa shape index (κ1) is 24.1. The molecule has 0 saturated heterocycles. The Balaban J connectivity index is 1.54. The molecule has 3 aromatic carbocycles. The quantitative estimate of drug-likeness (QED) is 0.360. The molecule has 0 fully saturated rings. The second-order valence-electron chi connectivity index (χ2n) is 8.05. The van der Waals surface area contributed by atoms with Crippen molar-refractivity contribution in [1.29, 1.82) is 0 Å². The zero-order chi connectivity index (χ0) is 23.8. The molecule has 0 aliphatic rings. The summed E-state index contributed by atoms with van der Waals surface area (Å²) in [5.41, 5.74) is 3.05. The lowest BCUT2D eigenvalue weighted by molar-refractivity contribution is -0.136. The molecule has 1 N–H and O–H groups in total. The smallest absolute Gasteiger partial charge is 0.303 e. The van der Waals surface area contributed by atoms with Crippen molar-refractivity contribution in [1.82, 2.24) is 0 Å². The van der Waals surface area contributed by atoms with Gasteiger partial charge in [-0.3, -0.25) is 4.79 Å². The second kappa shape index (κ2) is 11.4. The van der Waals surface area contributed by atoms with Gasteiger partial charge in [0.2, 0.25) is 0 Å². The average Bonchev–Trinajstić information content (AvgIpc) is 2.76. The Morgan fingerprint density at radius 2 is 1.70 bits per heavy atom. The van der Waals surface area contributed by atoms with Crippen LogP contribution in [-0.4, -0.2) is 23.8 Å². The molecule has 0 spiro atoms. The zero-order valence-corrected chi connectivity index (χ0v) is 19.1. The van der Waals surface area contributed by atoms with Gasteiger partial charge in [0.05, 0.1) is 12.7 Å². The number of hydrogen-bond acceptors (Lipinski definition) is 4. The number of carboxylic acid groups (broad SMARTS) is 1. The van der Waals surface area contributed by atoms with E-state index >= 15 is 0 Å². The summed E-state index contributed by atoms with van der Waals surface area (Å²) in [6, 6.07) is 17.3. The molecule has 174 valence electrons. The molecule has 0 radical (unpaired) electrons. The SMILES string of the molecule is Cc1ccc(O[C@H](C)CCOc2ccc(CCC(=O)O)c(C)c2)c(Oc2ccc(F)cc2)c1. The predicted molar refractivity (Wildman–Crippen MR) is 125 cm³/mol. The Labute approximate surface area is 193 Å². The maximum absolute atomic E-state index is 13.2. The first-order valence-electron chi connectivity index (χ1n) is 10.9. The van der Waals surface area contributed by atoms with Crippen LogP contribution >= 0.6 is 0 Å². The Hall–Kier alpha value is -3.54. The molecule has 0 bridgehead atoms. The van der Waals surface area contributed by atoms with E-state index in [0.717, 1.165) is 22.4 Å². The minimum atomic E-state index is -0.802. The van der Waals surface area contributed by atoms with E-state index in [1.54, 1.807) is 12.1 Å². The van der Waals surface area contributed by atoms with Gasteiger partial charge in [-0.05, 0) is 92.4 Å². The summed E-state index contributed by atoms with van der Waals surface area (Å²) in [5.74, 6) is 1.34. The van der Waals surface area contributed by atoms with Crippen LogP contribution in [0.5, 0.6) is 23.0 Å². The van der Waals surface area contributed by atoms with Crippen LogP contribution in [0.3, 0.4) is 0 Å². The first-order chi connectivity index (χ1) is 15.8. The minimum absolute atomic E-state index is 0.113. The Morgan fingerprint density at radius 3 is 2.39 bits per heavy atom. The topological polar surface area (TPSA) is 65.0 Å². The van der Waals surface area contributed by atoms with Crippen molar-refractivity contribution in [3.8, 4) is 23.0 Å². The summed E-state index contributed by atoms with van der Waals surface area (Å²) in [6.07, 6.45) is 1.15. The van der Waals surface area contributed by atoms with Crippen LogP contribution < -0.4 is 14.2 Å². The van der Waals surface area contributed by atoms with Crippen LogP contribution in [0.4, 0.5) is 4.39 Å². The van der Waals surface area contributed by atoms with Crippen molar-refractivity contribution in [3.05, 3.63) is 83.2 Å². The molecule has 0 aromatic heterocycles. The van der Waals surface area contributed by atoms with E-state index in [2.05, 4.69) is 0 Å². The van der Waals surface area contributed by atoms with Crippen molar-refractivity contribution >= 4 is 5.97 Å². The molecule has 0 unspecified atom stereocenters. The Morgan fingerprint density at radius 1 is 0.970 bits per heavy atom. The number of rotatable bonds is 11. The number of halogens is 1. The third kappa shape index (κ3) is 7.52. The molecule has 0 saturated carbocycles. The molecule has 33 heavy (non-hydrogen) atoms. The third-order valence-electron chi connectivity index (χ3n) is 5.18. The Kier molecular flexibility index (Phi) is 8.30. The van der Waals surface area contributed by atoms with Gasteiger partial charge < -0.3 is 19.3 Å². The van der Waals surface area contributed by atoms with E-state index in [0.29, 0.717) is 36.7 Å². The molecule has 3 aromatic rings. The van der Waals surface area contributed by atoms with Crippen molar-refractivity contribution in [2.75, 3.05) is 6.61 Å². The largest absolute Gasteiger partial charge is 0.493 e. The predicted octanol–water partition coefficient (Wildman–Crippen LogP) is 6.49. The highest BCUT2D eigenvalue weighted by molar-refractivity contribution is 5.67. The van der Waals surface area contributed by atoms with Gasteiger partial charge in [0, 0.05) is 12.8 Å². The fourth-order valence-corrected chi connectivity index (χ4v) is 3.32. The summed E-state index contributed by atoms with van der Waals surface area (Å²) in [7, 11) is 0. The molecule has 0 heterocycles. The first-order valence-corrected chi connectivity index (χ1v) is 10.9. The van der Waals surface area contributed by atoms with Crippen LogP contribution in [0.2, 0.25) is 0 Å². The summed E-state index contributed by atoms with van der Waals surface area (Å²) in [4.78, 5) is 10.8. The summed E-state index contributed by atoms with van der Waals surface area (Å²) >= 11 is 0. The van der Waals surface area contributed by atoms with E-state index in [1.807, 2.05) is 57.2 Å². The molecule has 6 heteroatoms. The lowest BCUT2D eigenvalue weighted by Gasteiger charge is -2.18. The molecule has 0 amide bonds. The summed E-state index contributed by atoms with van der Waals surface area (Å²) in [5, 5.41) is 8.85. The van der Waals surface area contributed by atoms with E-state index in [1.165, 1.54) is 12.1 Å². The van der Waals surface area contributed by atoms with E-state index in [9.17, 15) is 9.18 Å². The molecular formula is C27H29FO5. The van der Waals surface area contributed by atoms with Crippen LogP contribution in [0.25, 0.3) is 0 Å². The summed E-state index contributed by atoms with van der Waals surface area (Å²) in [6.45, 7) is 6.35. The highest BCUT2D eigenvalue weighted by Crippen LogP contribution is 2.33. The van der Waals surface area contributed by atoms with E-state index in [4.69, 9.17) is 19.3 Å². The van der Waals surface area contributed by atoms with Gasteiger partial charge in [0.1, 0.15) is 17.3 Å². The third-order valence-corrected chi connectivity index (χ3v) is 5.18. The molecule has 3 rings (SSSR count). The molecule has 0 aliphatic carbocycles. The fourth-order valence-electron chi connectivity index (χ4n) is 3.32. The van der Waals surface area contributed by atoms with Crippen LogP contribution in [0.15, 0.2) is 60.7 Å². The average molecular weight is 453 g/mol.